The van der Waals surface area contributed by atoms with E-state index in [2.05, 4.69) is 0 Å². The molecule has 2 N–H and O–H groups in total. The van der Waals surface area contributed by atoms with Crippen molar-refractivity contribution in [2.75, 3.05) is 13.2 Å². The number of nitrogens with two attached hydrogens (primary N) is 1. The topological polar surface area (TPSA) is 78.6 Å². The first kappa shape index (κ1) is 17.2. The van der Waals surface area contributed by atoms with Gasteiger partial charge in [-0.15, -0.1) is 0 Å². The van der Waals surface area contributed by atoms with Gasteiger partial charge in [0, 0.05) is 0 Å². The van der Waals surface area contributed by atoms with E-state index in [1.807, 2.05) is 30.3 Å². The van der Waals surface area contributed by atoms with Gasteiger partial charge < -0.3 is 15.2 Å². The summed E-state index contributed by atoms with van der Waals surface area (Å²) in [4.78, 5) is 24.0. The number of carbonyl (C=O) groups excluding carboxylic acids is 2. The van der Waals surface area contributed by atoms with Crippen molar-refractivity contribution in [1.29, 1.82) is 0 Å². The third kappa shape index (κ3) is 4.86. The second-order valence-electron chi connectivity index (χ2n) is 4.75. The first-order chi connectivity index (χ1) is 10.0. The first-order valence-electron chi connectivity index (χ1n) is 7.21. The number of rotatable bonds is 8. The normalized spacial score (nSPS) is 11.0. The Hall–Kier alpha value is -1.88. The maximum atomic E-state index is 12.0. The van der Waals surface area contributed by atoms with Gasteiger partial charge in [0.2, 0.25) is 5.54 Å². The van der Waals surface area contributed by atoms with E-state index in [0.717, 1.165) is 12.0 Å². The van der Waals surface area contributed by atoms with Crippen LogP contribution in [0.1, 0.15) is 32.3 Å². The van der Waals surface area contributed by atoms with Crippen LogP contribution in [0.2, 0.25) is 0 Å². The molecule has 0 aromatic heterocycles. The summed E-state index contributed by atoms with van der Waals surface area (Å²) in [6.07, 6.45) is 1.52. The van der Waals surface area contributed by atoms with Gasteiger partial charge in [0.1, 0.15) is 0 Å². The van der Waals surface area contributed by atoms with Crippen molar-refractivity contribution < 1.29 is 19.1 Å². The molecule has 0 heterocycles. The van der Waals surface area contributed by atoms with Crippen molar-refractivity contribution in [2.45, 2.75) is 38.6 Å². The molecule has 116 valence electrons. The van der Waals surface area contributed by atoms with Crippen molar-refractivity contribution in [1.82, 2.24) is 0 Å². The van der Waals surface area contributed by atoms with Crippen LogP contribution in [0.25, 0.3) is 0 Å². The smallest absolute Gasteiger partial charge is 0.337 e. The lowest BCUT2D eigenvalue weighted by atomic mass is 9.92. The molecule has 0 unspecified atom stereocenters. The van der Waals surface area contributed by atoms with E-state index in [1.54, 1.807) is 13.8 Å². The Morgan fingerprint density at radius 2 is 1.57 bits per heavy atom. The molecule has 1 aromatic rings. The summed E-state index contributed by atoms with van der Waals surface area (Å²) in [5.74, 6) is -1.45. The van der Waals surface area contributed by atoms with Gasteiger partial charge in [-0.3, -0.25) is 0 Å². The summed E-state index contributed by atoms with van der Waals surface area (Å²) >= 11 is 0. The van der Waals surface area contributed by atoms with Gasteiger partial charge in [0.25, 0.3) is 0 Å². The molecule has 0 aliphatic rings. The Labute approximate surface area is 125 Å². The third-order valence-corrected chi connectivity index (χ3v) is 3.16. The number of benzene rings is 1. The minimum atomic E-state index is -1.72. The van der Waals surface area contributed by atoms with Crippen molar-refractivity contribution in [3.8, 4) is 0 Å². The summed E-state index contributed by atoms with van der Waals surface area (Å²) in [6.45, 7) is 3.70. The maximum absolute atomic E-state index is 12.0. The van der Waals surface area contributed by atoms with Gasteiger partial charge >= 0.3 is 11.9 Å². The molecule has 0 aliphatic carbocycles. The highest BCUT2D eigenvalue weighted by molar-refractivity contribution is 6.04. The zero-order valence-corrected chi connectivity index (χ0v) is 12.6. The molecule has 0 aliphatic heterocycles. The SMILES string of the molecule is CCOC(=O)C(N)(CCCc1ccccc1)C(=O)OCC. The molecule has 0 atom stereocenters. The fourth-order valence-electron chi connectivity index (χ4n) is 2.02. The van der Waals surface area contributed by atoms with Crippen LogP contribution in [0.15, 0.2) is 30.3 Å². The van der Waals surface area contributed by atoms with Crippen LogP contribution in [0.4, 0.5) is 0 Å². The lowest BCUT2D eigenvalue weighted by molar-refractivity contribution is -0.164. The van der Waals surface area contributed by atoms with Gasteiger partial charge in [-0.25, -0.2) is 9.59 Å². The van der Waals surface area contributed by atoms with Gasteiger partial charge in [-0.2, -0.15) is 0 Å². The molecular weight excluding hydrogens is 270 g/mol. The molecule has 21 heavy (non-hydrogen) atoms. The van der Waals surface area contributed by atoms with Gasteiger partial charge in [-0.1, -0.05) is 30.3 Å². The molecule has 0 saturated heterocycles. The number of hydrogen-bond donors (Lipinski definition) is 1. The quantitative estimate of drug-likeness (QED) is 0.584. The second kappa shape index (κ2) is 8.42. The molecule has 0 saturated carbocycles. The largest absolute Gasteiger partial charge is 0.464 e. The Bertz CT molecular complexity index is 441. The fraction of sp³-hybridized carbons (Fsp3) is 0.500. The standard InChI is InChI=1S/C16H23NO4/c1-3-20-14(18)16(17,15(19)21-4-2)12-8-11-13-9-6-5-7-10-13/h5-7,9-10H,3-4,8,11-12,17H2,1-2H3. The van der Waals surface area contributed by atoms with E-state index in [4.69, 9.17) is 15.2 Å². The predicted octanol–water partition coefficient (Wildman–Crippen LogP) is 1.83. The van der Waals surface area contributed by atoms with Crippen LogP contribution >= 0.6 is 0 Å². The number of aryl methyl sites for hydroxylation is 1. The third-order valence-electron chi connectivity index (χ3n) is 3.16. The Morgan fingerprint density at radius 3 is 2.05 bits per heavy atom. The highest BCUT2D eigenvalue weighted by Gasteiger charge is 2.44. The summed E-state index contributed by atoms with van der Waals surface area (Å²) in [7, 11) is 0. The Kier molecular flexibility index (Phi) is 6.88. The van der Waals surface area contributed by atoms with Crippen molar-refractivity contribution in [3.63, 3.8) is 0 Å². The van der Waals surface area contributed by atoms with Crippen LogP contribution in [0.5, 0.6) is 0 Å². The summed E-state index contributed by atoms with van der Waals surface area (Å²) in [5.41, 5.74) is 5.38. The van der Waals surface area contributed by atoms with E-state index >= 15 is 0 Å². The molecule has 5 heteroatoms. The highest BCUT2D eigenvalue weighted by atomic mass is 16.6. The Morgan fingerprint density at radius 1 is 1.05 bits per heavy atom. The van der Waals surface area contributed by atoms with Gasteiger partial charge in [0.15, 0.2) is 0 Å². The van der Waals surface area contributed by atoms with Crippen molar-refractivity contribution in [3.05, 3.63) is 35.9 Å². The fourth-order valence-corrected chi connectivity index (χ4v) is 2.02. The summed E-state index contributed by atoms with van der Waals surface area (Å²) in [6, 6.07) is 9.82. The number of hydrogen-bond acceptors (Lipinski definition) is 5. The number of carbonyl (C=O) groups is 2. The van der Waals surface area contributed by atoms with E-state index < -0.39 is 17.5 Å². The lowest BCUT2D eigenvalue weighted by Crippen LogP contribution is -2.56. The minimum absolute atomic E-state index is 0.176. The Balaban J connectivity index is 2.68. The molecule has 0 spiro atoms. The first-order valence-corrected chi connectivity index (χ1v) is 7.21. The van der Waals surface area contributed by atoms with Crippen LogP contribution in [0.3, 0.4) is 0 Å². The summed E-state index contributed by atoms with van der Waals surface area (Å²) in [5, 5.41) is 0. The zero-order chi connectivity index (χ0) is 15.7. The summed E-state index contributed by atoms with van der Waals surface area (Å²) < 4.78 is 9.82. The van der Waals surface area contributed by atoms with Crippen LogP contribution in [0, 0.1) is 0 Å². The van der Waals surface area contributed by atoms with Crippen LogP contribution in [-0.2, 0) is 25.5 Å². The monoisotopic (exact) mass is 293 g/mol. The predicted molar refractivity (Wildman–Crippen MR) is 79.6 cm³/mol. The molecule has 0 bridgehead atoms. The zero-order valence-electron chi connectivity index (χ0n) is 12.6. The van der Waals surface area contributed by atoms with Crippen molar-refractivity contribution >= 4 is 11.9 Å². The van der Waals surface area contributed by atoms with E-state index in [1.165, 1.54) is 0 Å². The van der Waals surface area contributed by atoms with Crippen molar-refractivity contribution in [2.24, 2.45) is 5.73 Å². The van der Waals surface area contributed by atoms with E-state index in [0.29, 0.717) is 6.42 Å². The molecule has 0 radical (unpaired) electrons. The molecular formula is C16H23NO4. The highest BCUT2D eigenvalue weighted by Crippen LogP contribution is 2.17. The van der Waals surface area contributed by atoms with Crippen LogP contribution in [-0.4, -0.2) is 30.7 Å². The van der Waals surface area contributed by atoms with Crippen LogP contribution < -0.4 is 5.73 Å². The average molecular weight is 293 g/mol. The molecule has 0 fully saturated rings. The maximum Gasteiger partial charge on any atom is 0.337 e. The average Bonchev–Trinajstić information content (AvgIpc) is 2.48. The van der Waals surface area contributed by atoms with E-state index in [9.17, 15) is 9.59 Å². The number of esters is 2. The molecule has 1 rings (SSSR count). The molecule has 1 aromatic carbocycles. The molecule has 5 nitrogen and oxygen atoms in total. The minimum Gasteiger partial charge on any atom is -0.464 e. The lowest BCUT2D eigenvalue weighted by Gasteiger charge is -2.24. The van der Waals surface area contributed by atoms with Gasteiger partial charge in [0.05, 0.1) is 13.2 Å². The van der Waals surface area contributed by atoms with E-state index in [-0.39, 0.29) is 19.6 Å². The molecule has 0 amide bonds. The van der Waals surface area contributed by atoms with Gasteiger partial charge in [-0.05, 0) is 38.7 Å². The second-order valence-corrected chi connectivity index (χ2v) is 4.75. The number of ether oxygens (including phenoxy) is 2.